The van der Waals surface area contributed by atoms with Crippen molar-refractivity contribution in [2.45, 2.75) is 13.0 Å². The van der Waals surface area contributed by atoms with E-state index in [0.717, 1.165) is 24.3 Å². The third kappa shape index (κ3) is 4.40. The molecule has 3 aromatic rings. The highest BCUT2D eigenvalue weighted by Gasteiger charge is 2.14. The van der Waals surface area contributed by atoms with E-state index < -0.39 is 0 Å². The lowest BCUT2D eigenvalue weighted by atomic mass is 10.1. The van der Waals surface area contributed by atoms with Gasteiger partial charge in [0, 0.05) is 24.8 Å². The van der Waals surface area contributed by atoms with Crippen LogP contribution in [0.1, 0.15) is 21.5 Å². The van der Waals surface area contributed by atoms with Gasteiger partial charge in [-0.3, -0.25) is 4.79 Å². The van der Waals surface area contributed by atoms with Crippen molar-refractivity contribution in [2.75, 3.05) is 18.7 Å². The van der Waals surface area contributed by atoms with Crippen LogP contribution in [0.15, 0.2) is 66.9 Å². The van der Waals surface area contributed by atoms with Crippen LogP contribution >= 0.6 is 0 Å². The molecule has 28 heavy (non-hydrogen) atoms. The van der Waals surface area contributed by atoms with Gasteiger partial charge >= 0.3 is 0 Å². The van der Waals surface area contributed by atoms with E-state index in [1.807, 2.05) is 36.4 Å². The summed E-state index contributed by atoms with van der Waals surface area (Å²) in [6.45, 7) is 1.40. The molecule has 2 aromatic carbocycles. The first-order valence-corrected chi connectivity index (χ1v) is 9.18. The minimum Gasteiger partial charge on any atom is -0.454 e. The Balaban J connectivity index is 1.31. The van der Waals surface area contributed by atoms with E-state index in [1.54, 1.807) is 18.3 Å². The molecule has 1 amide bonds. The molecular formula is C22H21N3O3. The molecule has 0 radical (unpaired) electrons. The second kappa shape index (κ2) is 8.43. The van der Waals surface area contributed by atoms with Crippen molar-refractivity contribution in [3.63, 3.8) is 0 Å². The molecule has 0 spiro atoms. The summed E-state index contributed by atoms with van der Waals surface area (Å²) < 4.78 is 10.7. The Hall–Kier alpha value is -3.54. The van der Waals surface area contributed by atoms with Crippen LogP contribution in [-0.4, -0.2) is 24.2 Å². The van der Waals surface area contributed by atoms with Gasteiger partial charge < -0.3 is 20.1 Å². The largest absolute Gasteiger partial charge is 0.454 e. The highest BCUT2D eigenvalue weighted by atomic mass is 16.7. The van der Waals surface area contributed by atoms with Gasteiger partial charge in [0.1, 0.15) is 5.82 Å². The fraction of sp³-hybridized carbons (Fsp3) is 0.182. The molecule has 0 saturated carbocycles. The second-order valence-corrected chi connectivity index (χ2v) is 6.46. The number of anilines is 1. The van der Waals surface area contributed by atoms with Crippen LogP contribution in [0.5, 0.6) is 11.5 Å². The van der Waals surface area contributed by atoms with Crippen LogP contribution in [0.4, 0.5) is 5.82 Å². The van der Waals surface area contributed by atoms with Crippen molar-refractivity contribution < 1.29 is 14.3 Å². The van der Waals surface area contributed by atoms with E-state index in [-0.39, 0.29) is 12.7 Å². The number of fused-ring (bicyclic) bond motifs is 1. The molecule has 0 atom stereocenters. The normalized spacial score (nSPS) is 11.9. The average Bonchev–Trinajstić information content (AvgIpc) is 3.21. The number of aromatic nitrogens is 1. The first kappa shape index (κ1) is 17.9. The van der Waals surface area contributed by atoms with Gasteiger partial charge in [-0.05, 0) is 41.8 Å². The maximum absolute atomic E-state index is 12.5. The van der Waals surface area contributed by atoms with Crippen LogP contribution in [0.3, 0.4) is 0 Å². The van der Waals surface area contributed by atoms with Crippen molar-refractivity contribution in [3.8, 4) is 11.5 Å². The highest BCUT2D eigenvalue weighted by molar-refractivity contribution is 5.94. The summed E-state index contributed by atoms with van der Waals surface area (Å²) >= 11 is 0. The van der Waals surface area contributed by atoms with Crippen LogP contribution in [0, 0.1) is 0 Å². The number of hydrogen-bond donors (Lipinski definition) is 2. The van der Waals surface area contributed by atoms with E-state index in [4.69, 9.17) is 9.47 Å². The standard InChI is InChI=1S/C22H21N3O3/c26-22(25-14-17-6-7-19-20(12-17)28-15-27-19)18-9-11-24-21(13-18)23-10-8-16-4-2-1-3-5-16/h1-7,9,11-13H,8,10,14-15H2,(H,23,24)(H,25,26). The third-order valence-electron chi connectivity index (χ3n) is 4.47. The number of hydrogen-bond acceptors (Lipinski definition) is 5. The number of ether oxygens (including phenoxy) is 2. The molecule has 1 aliphatic rings. The molecule has 6 heteroatoms. The first-order valence-electron chi connectivity index (χ1n) is 9.18. The summed E-state index contributed by atoms with van der Waals surface area (Å²) in [5.41, 5.74) is 2.78. The topological polar surface area (TPSA) is 72.5 Å². The first-order chi connectivity index (χ1) is 13.8. The molecule has 2 heterocycles. The van der Waals surface area contributed by atoms with Crippen LogP contribution in [0.2, 0.25) is 0 Å². The smallest absolute Gasteiger partial charge is 0.251 e. The van der Waals surface area contributed by atoms with Crippen LogP contribution in [-0.2, 0) is 13.0 Å². The maximum Gasteiger partial charge on any atom is 0.251 e. The summed E-state index contributed by atoms with van der Waals surface area (Å²) in [5, 5.41) is 6.19. The minimum absolute atomic E-state index is 0.147. The fourth-order valence-corrected chi connectivity index (χ4v) is 2.98. The predicted molar refractivity (Wildman–Crippen MR) is 107 cm³/mol. The monoisotopic (exact) mass is 375 g/mol. The van der Waals surface area contributed by atoms with Gasteiger partial charge in [0.2, 0.25) is 6.79 Å². The fourth-order valence-electron chi connectivity index (χ4n) is 2.98. The van der Waals surface area contributed by atoms with Crippen molar-refractivity contribution >= 4 is 11.7 Å². The summed E-state index contributed by atoms with van der Waals surface area (Å²) in [6.07, 6.45) is 2.53. The number of rotatable bonds is 7. The van der Waals surface area contributed by atoms with Gasteiger partial charge in [-0.25, -0.2) is 4.98 Å². The Morgan fingerprint density at radius 1 is 0.964 bits per heavy atom. The number of carbonyl (C=O) groups excluding carboxylic acids is 1. The van der Waals surface area contributed by atoms with E-state index in [1.165, 1.54) is 5.56 Å². The maximum atomic E-state index is 12.5. The van der Waals surface area contributed by atoms with Gasteiger partial charge in [-0.15, -0.1) is 0 Å². The zero-order valence-electron chi connectivity index (χ0n) is 15.4. The van der Waals surface area contributed by atoms with Crippen molar-refractivity contribution in [1.82, 2.24) is 10.3 Å². The van der Waals surface area contributed by atoms with E-state index >= 15 is 0 Å². The van der Waals surface area contributed by atoms with E-state index in [2.05, 4.69) is 27.8 Å². The van der Waals surface area contributed by atoms with Crippen LogP contribution in [0.25, 0.3) is 0 Å². The van der Waals surface area contributed by atoms with Gasteiger partial charge in [0.05, 0.1) is 0 Å². The Bertz CT molecular complexity index is 960. The molecule has 0 aliphatic carbocycles. The summed E-state index contributed by atoms with van der Waals surface area (Å²) in [7, 11) is 0. The molecule has 6 nitrogen and oxygen atoms in total. The van der Waals surface area contributed by atoms with Crippen molar-refractivity contribution in [3.05, 3.63) is 83.6 Å². The van der Waals surface area contributed by atoms with Gasteiger partial charge in [-0.1, -0.05) is 36.4 Å². The number of nitrogens with one attached hydrogen (secondary N) is 2. The van der Waals surface area contributed by atoms with E-state index in [0.29, 0.717) is 23.7 Å². The molecule has 2 N–H and O–H groups in total. The molecule has 142 valence electrons. The Morgan fingerprint density at radius 3 is 2.71 bits per heavy atom. The third-order valence-corrected chi connectivity index (χ3v) is 4.47. The molecule has 0 fully saturated rings. The predicted octanol–water partition coefficient (Wildman–Crippen LogP) is 3.39. The van der Waals surface area contributed by atoms with Crippen molar-refractivity contribution in [2.24, 2.45) is 0 Å². The Labute approximate surface area is 163 Å². The SMILES string of the molecule is O=C(NCc1ccc2c(c1)OCO2)c1ccnc(NCCc2ccccc2)c1. The van der Waals surface area contributed by atoms with Crippen molar-refractivity contribution in [1.29, 1.82) is 0 Å². The van der Waals surface area contributed by atoms with Gasteiger partial charge in [-0.2, -0.15) is 0 Å². The average molecular weight is 375 g/mol. The molecule has 4 rings (SSSR count). The lowest BCUT2D eigenvalue weighted by Crippen LogP contribution is -2.23. The lowest BCUT2D eigenvalue weighted by molar-refractivity contribution is 0.0950. The quantitative estimate of drug-likeness (QED) is 0.662. The minimum atomic E-state index is -0.147. The summed E-state index contributed by atoms with van der Waals surface area (Å²) in [6, 6.07) is 19.4. The lowest BCUT2D eigenvalue weighted by Gasteiger charge is -2.09. The van der Waals surface area contributed by atoms with E-state index in [9.17, 15) is 4.79 Å². The molecule has 0 bridgehead atoms. The molecule has 0 saturated heterocycles. The Morgan fingerprint density at radius 2 is 1.82 bits per heavy atom. The number of amides is 1. The number of pyridine rings is 1. The highest BCUT2D eigenvalue weighted by Crippen LogP contribution is 2.32. The molecule has 0 unspecified atom stereocenters. The second-order valence-electron chi connectivity index (χ2n) is 6.46. The van der Waals surface area contributed by atoms with Gasteiger partial charge in [0.15, 0.2) is 11.5 Å². The molecular weight excluding hydrogens is 354 g/mol. The van der Waals surface area contributed by atoms with Crippen LogP contribution < -0.4 is 20.1 Å². The molecule has 1 aliphatic heterocycles. The summed E-state index contributed by atoms with van der Waals surface area (Å²) in [4.78, 5) is 16.8. The zero-order valence-corrected chi connectivity index (χ0v) is 15.4. The number of nitrogens with zero attached hydrogens (tertiary/aromatic N) is 1. The Kier molecular flexibility index (Phi) is 5.38. The van der Waals surface area contributed by atoms with Gasteiger partial charge in [0.25, 0.3) is 5.91 Å². The zero-order chi connectivity index (χ0) is 19.2. The number of carbonyl (C=O) groups is 1. The summed E-state index contributed by atoms with van der Waals surface area (Å²) in [5.74, 6) is 1.98. The number of benzene rings is 2. The molecule has 1 aromatic heterocycles.